The summed E-state index contributed by atoms with van der Waals surface area (Å²) in [6.07, 6.45) is 2.52. The first-order chi connectivity index (χ1) is 11.5. The predicted molar refractivity (Wildman–Crippen MR) is 85.0 cm³/mol. The SMILES string of the molecule is CC1(C)O[C@H]2O[C@@H]3C=CCN(C(=O)OCc4ccccc4)[C@H]3[C@H]2O1. The van der Waals surface area contributed by atoms with E-state index in [0.29, 0.717) is 6.54 Å². The number of carbonyl (C=O) groups is 1. The lowest BCUT2D eigenvalue weighted by molar-refractivity contribution is -0.205. The molecule has 4 atom stereocenters. The van der Waals surface area contributed by atoms with E-state index in [4.69, 9.17) is 18.9 Å². The number of amides is 1. The largest absolute Gasteiger partial charge is 0.445 e. The van der Waals surface area contributed by atoms with Crippen LogP contribution < -0.4 is 0 Å². The van der Waals surface area contributed by atoms with Gasteiger partial charge >= 0.3 is 6.09 Å². The highest BCUT2D eigenvalue weighted by atomic mass is 16.8. The van der Waals surface area contributed by atoms with Crippen LogP contribution in [0.25, 0.3) is 0 Å². The number of hydrogen-bond acceptors (Lipinski definition) is 5. The maximum atomic E-state index is 12.6. The van der Waals surface area contributed by atoms with E-state index in [1.54, 1.807) is 4.90 Å². The Labute approximate surface area is 140 Å². The zero-order valence-corrected chi connectivity index (χ0v) is 13.8. The van der Waals surface area contributed by atoms with Crippen LogP contribution in [0.4, 0.5) is 4.79 Å². The third-order valence-electron chi connectivity index (χ3n) is 4.48. The molecule has 1 aromatic rings. The van der Waals surface area contributed by atoms with E-state index in [1.165, 1.54) is 0 Å². The van der Waals surface area contributed by atoms with Crippen molar-refractivity contribution in [1.29, 1.82) is 0 Å². The molecular weight excluding hydrogens is 310 g/mol. The highest BCUT2D eigenvalue weighted by Gasteiger charge is 2.57. The Morgan fingerprint density at radius 2 is 2.08 bits per heavy atom. The highest BCUT2D eigenvalue weighted by molar-refractivity contribution is 5.69. The zero-order chi connectivity index (χ0) is 16.7. The summed E-state index contributed by atoms with van der Waals surface area (Å²) in [7, 11) is 0. The summed E-state index contributed by atoms with van der Waals surface area (Å²) < 4.78 is 23.1. The average Bonchev–Trinajstić information content (AvgIpc) is 3.04. The summed E-state index contributed by atoms with van der Waals surface area (Å²) in [6.45, 7) is 4.42. The van der Waals surface area contributed by atoms with E-state index in [1.807, 2.05) is 56.3 Å². The van der Waals surface area contributed by atoms with Crippen molar-refractivity contribution < 1.29 is 23.7 Å². The Bertz CT molecular complexity index is 644. The zero-order valence-electron chi connectivity index (χ0n) is 13.8. The summed E-state index contributed by atoms with van der Waals surface area (Å²) in [6, 6.07) is 9.40. The van der Waals surface area contributed by atoms with Crippen molar-refractivity contribution in [3.05, 3.63) is 48.0 Å². The molecule has 24 heavy (non-hydrogen) atoms. The Morgan fingerprint density at radius 3 is 2.88 bits per heavy atom. The molecule has 0 radical (unpaired) electrons. The van der Waals surface area contributed by atoms with Crippen molar-refractivity contribution in [2.24, 2.45) is 0 Å². The number of nitrogens with zero attached hydrogens (tertiary/aromatic N) is 1. The molecule has 0 N–H and O–H groups in total. The fourth-order valence-corrected chi connectivity index (χ4v) is 3.46. The van der Waals surface area contributed by atoms with Crippen LogP contribution in [-0.2, 0) is 25.6 Å². The molecule has 0 spiro atoms. The lowest BCUT2D eigenvalue weighted by Crippen LogP contribution is -2.52. The van der Waals surface area contributed by atoms with E-state index in [0.717, 1.165) is 5.56 Å². The van der Waals surface area contributed by atoms with Gasteiger partial charge in [-0.05, 0) is 19.4 Å². The summed E-state index contributed by atoms with van der Waals surface area (Å²) in [5.41, 5.74) is 0.956. The molecule has 2 saturated heterocycles. The molecule has 0 aromatic heterocycles. The smallest absolute Gasteiger partial charge is 0.410 e. The quantitative estimate of drug-likeness (QED) is 0.779. The van der Waals surface area contributed by atoms with Crippen molar-refractivity contribution in [1.82, 2.24) is 4.90 Å². The van der Waals surface area contributed by atoms with Crippen LogP contribution in [-0.4, -0.2) is 47.9 Å². The molecule has 128 valence electrons. The van der Waals surface area contributed by atoms with Crippen LogP contribution in [0.1, 0.15) is 19.4 Å². The fraction of sp³-hybridized carbons (Fsp3) is 0.500. The maximum Gasteiger partial charge on any atom is 0.410 e. The molecule has 0 saturated carbocycles. The second kappa shape index (κ2) is 5.88. The molecule has 1 aromatic carbocycles. The molecule has 4 rings (SSSR count). The van der Waals surface area contributed by atoms with E-state index in [2.05, 4.69) is 0 Å². The number of benzene rings is 1. The first kappa shape index (κ1) is 15.6. The molecule has 3 aliphatic heterocycles. The second-order valence-electron chi connectivity index (χ2n) is 6.68. The summed E-state index contributed by atoms with van der Waals surface area (Å²) >= 11 is 0. The van der Waals surface area contributed by atoms with Gasteiger partial charge in [-0.2, -0.15) is 0 Å². The van der Waals surface area contributed by atoms with Gasteiger partial charge in [0.05, 0.1) is 6.04 Å². The highest BCUT2D eigenvalue weighted by Crippen LogP contribution is 2.41. The fourth-order valence-electron chi connectivity index (χ4n) is 3.46. The minimum absolute atomic E-state index is 0.228. The Morgan fingerprint density at radius 1 is 1.29 bits per heavy atom. The van der Waals surface area contributed by atoms with E-state index in [-0.39, 0.29) is 30.9 Å². The van der Waals surface area contributed by atoms with Crippen molar-refractivity contribution in [2.45, 2.75) is 50.8 Å². The normalized spacial score (nSPS) is 33.2. The third-order valence-corrected chi connectivity index (χ3v) is 4.48. The Hall–Kier alpha value is -1.89. The minimum atomic E-state index is -0.707. The lowest BCUT2D eigenvalue weighted by atomic mass is 10.0. The number of hydrogen-bond donors (Lipinski definition) is 0. The summed E-state index contributed by atoms with van der Waals surface area (Å²) in [5, 5.41) is 0. The monoisotopic (exact) mass is 331 g/mol. The van der Waals surface area contributed by atoms with Crippen molar-refractivity contribution in [3.8, 4) is 0 Å². The molecular formula is C18H21NO5. The molecule has 0 aliphatic carbocycles. The van der Waals surface area contributed by atoms with Gasteiger partial charge in [-0.3, -0.25) is 4.90 Å². The van der Waals surface area contributed by atoms with E-state index < -0.39 is 12.1 Å². The van der Waals surface area contributed by atoms with Gasteiger partial charge in [0.2, 0.25) is 0 Å². The van der Waals surface area contributed by atoms with Crippen molar-refractivity contribution in [2.75, 3.05) is 6.54 Å². The van der Waals surface area contributed by atoms with Crippen LogP contribution in [0.5, 0.6) is 0 Å². The molecule has 2 fully saturated rings. The first-order valence-corrected chi connectivity index (χ1v) is 8.19. The molecule has 3 aliphatic rings. The van der Waals surface area contributed by atoms with Gasteiger partial charge < -0.3 is 18.9 Å². The van der Waals surface area contributed by atoms with Crippen LogP contribution in [0, 0.1) is 0 Å². The van der Waals surface area contributed by atoms with E-state index in [9.17, 15) is 4.79 Å². The third kappa shape index (κ3) is 2.81. The van der Waals surface area contributed by atoms with Gasteiger partial charge in [-0.25, -0.2) is 4.79 Å². The average molecular weight is 331 g/mol. The van der Waals surface area contributed by atoms with E-state index >= 15 is 0 Å². The summed E-state index contributed by atoms with van der Waals surface area (Å²) in [4.78, 5) is 14.3. The van der Waals surface area contributed by atoms with Gasteiger partial charge in [-0.1, -0.05) is 42.5 Å². The van der Waals surface area contributed by atoms with Gasteiger partial charge in [0.15, 0.2) is 12.1 Å². The Kier molecular flexibility index (Phi) is 3.83. The molecule has 6 heteroatoms. The van der Waals surface area contributed by atoms with Crippen molar-refractivity contribution in [3.63, 3.8) is 0 Å². The standard InChI is InChI=1S/C18H21NO5/c1-18(2)23-15-14-13(22-16(15)24-18)9-6-10-19(14)17(20)21-11-12-7-4-3-5-8-12/h3-9,13-16H,10-11H2,1-2H3/t13-,14-,15-,16-/m1/s1. The van der Waals surface area contributed by atoms with Gasteiger partial charge in [0, 0.05) is 6.54 Å². The number of carbonyl (C=O) groups excluding carboxylic acids is 1. The van der Waals surface area contributed by atoms with Crippen LogP contribution in [0.2, 0.25) is 0 Å². The molecule has 3 heterocycles. The maximum absolute atomic E-state index is 12.6. The molecule has 0 bridgehead atoms. The van der Waals surface area contributed by atoms with Gasteiger partial charge in [-0.15, -0.1) is 0 Å². The molecule has 6 nitrogen and oxygen atoms in total. The first-order valence-electron chi connectivity index (χ1n) is 8.19. The number of ether oxygens (including phenoxy) is 4. The van der Waals surface area contributed by atoms with Crippen molar-refractivity contribution >= 4 is 6.09 Å². The van der Waals surface area contributed by atoms with Crippen LogP contribution in [0.15, 0.2) is 42.5 Å². The van der Waals surface area contributed by atoms with Gasteiger partial charge in [0.1, 0.15) is 18.8 Å². The van der Waals surface area contributed by atoms with Gasteiger partial charge in [0.25, 0.3) is 0 Å². The number of rotatable bonds is 2. The minimum Gasteiger partial charge on any atom is -0.445 e. The molecule has 1 amide bonds. The topological polar surface area (TPSA) is 57.2 Å². The van der Waals surface area contributed by atoms with Crippen LogP contribution in [0.3, 0.4) is 0 Å². The Balaban J connectivity index is 1.46. The molecule has 0 unspecified atom stereocenters. The summed E-state index contributed by atoms with van der Waals surface area (Å²) in [5.74, 6) is -0.707. The lowest BCUT2D eigenvalue weighted by Gasteiger charge is -2.35. The predicted octanol–water partition coefficient (Wildman–Crippen LogP) is 2.44. The van der Waals surface area contributed by atoms with Crippen LogP contribution >= 0.6 is 0 Å². The number of fused-ring (bicyclic) bond motifs is 3. The second-order valence-corrected chi connectivity index (χ2v) is 6.68.